The molecule has 0 bridgehead atoms. The van der Waals surface area contributed by atoms with Crippen LogP contribution in [0.2, 0.25) is 0 Å². The maximum Gasteiger partial charge on any atom is 0.119 e. The van der Waals surface area contributed by atoms with Gasteiger partial charge in [0.1, 0.15) is 5.75 Å². The van der Waals surface area contributed by atoms with E-state index < -0.39 is 0 Å². The number of rotatable bonds is 7. The summed E-state index contributed by atoms with van der Waals surface area (Å²) in [4.78, 5) is 2.48. The number of hydrogen-bond donors (Lipinski definition) is 1. The summed E-state index contributed by atoms with van der Waals surface area (Å²) in [5, 5.41) is 0. The van der Waals surface area contributed by atoms with Crippen molar-refractivity contribution in [1.82, 2.24) is 4.90 Å². The third kappa shape index (κ3) is 4.66. The molecule has 1 aliphatic heterocycles. The molecule has 2 rings (SSSR count). The van der Waals surface area contributed by atoms with Gasteiger partial charge in [0, 0.05) is 19.1 Å². The van der Waals surface area contributed by atoms with Crippen molar-refractivity contribution in [3.05, 3.63) is 42.0 Å². The Bertz CT molecular complexity index is 414. The van der Waals surface area contributed by atoms with E-state index in [4.69, 9.17) is 10.5 Å². The monoisotopic (exact) mass is 274 g/mol. The molecule has 0 saturated heterocycles. The third-order valence-corrected chi connectivity index (χ3v) is 3.78. The van der Waals surface area contributed by atoms with Gasteiger partial charge < -0.3 is 10.5 Å². The van der Waals surface area contributed by atoms with Crippen molar-refractivity contribution in [1.29, 1.82) is 0 Å². The number of aryl methyl sites for hydroxylation is 1. The van der Waals surface area contributed by atoms with Crippen molar-refractivity contribution in [2.75, 3.05) is 26.2 Å². The van der Waals surface area contributed by atoms with E-state index in [1.165, 1.54) is 5.56 Å². The average molecular weight is 274 g/mol. The topological polar surface area (TPSA) is 38.5 Å². The molecule has 1 atom stereocenters. The van der Waals surface area contributed by atoms with E-state index in [0.29, 0.717) is 6.04 Å². The Morgan fingerprint density at radius 3 is 2.80 bits per heavy atom. The van der Waals surface area contributed by atoms with Gasteiger partial charge >= 0.3 is 0 Å². The Morgan fingerprint density at radius 2 is 2.05 bits per heavy atom. The quantitative estimate of drug-likeness (QED) is 0.614. The molecule has 0 aliphatic carbocycles. The van der Waals surface area contributed by atoms with Crippen LogP contribution in [-0.2, 0) is 0 Å². The molecule has 0 fully saturated rings. The number of unbranched alkanes of at least 4 members (excludes halogenated alkanes) is 1. The molecule has 2 N–H and O–H groups in total. The van der Waals surface area contributed by atoms with Crippen molar-refractivity contribution in [2.24, 2.45) is 5.73 Å². The lowest BCUT2D eigenvalue weighted by Gasteiger charge is -2.31. The molecule has 0 radical (unpaired) electrons. The van der Waals surface area contributed by atoms with Crippen LogP contribution in [0.25, 0.3) is 0 Å². The Balaban J connectivity index is 1.61. The number of hydrogen-bond acceptors (Lipinski definition) is 3. The summed E-state index contributed by atoms with van der Waals surface area (Å²) in [5.41, 5.74) is 7.06. The maximum atomic E-state index is 5.79. The second-order valence-electron chi connectivity index (χ2n) is 5.42. The molecule has 0 aromatic heterocycles. The first kappa shape index (κ1) is 15.1. The second kappa shape index (κ2) is 8.08. The molecule has 0 amide bonds. The molecule has 1 heterocycles. The van der Waals surface area contributed by atoms with E-state index in [1.807, 2.05) is 12.1 Å². The standard InChI is InChI=1S/C17H26N2O/c1-15-7-9-17(10-8-15)20-13-5-4-12-19-11-3-2-6-16(19)14-18/h2,6-10,16H,3-5,11-14,18H2,1H3. The van der Waals surface area contributed by atoms with E-state index in [-0.39, 0.29) is 0 Å². The highest BCUT2D eigenvalue weighted by atomic mass is 16.5. The summed E-state index contributed by atoms with van der Waals surface area (Å²) < 4.78 is 5.75. The van der Waals surface area contributed by atoms with Gasteiger partial charge in [0.2, 0.25) is 0 Å². The zero-order valence-electron chi connectivity index (χ0n) is 12.4. The minimum Gasteiger partial charge on any atom is -0.494 e. The largest absolute Gasteiger partial charge is 0.494 e. The maximum absolute atomic E-state index is 5.79. The van der Waals surface area contributed by atoms with Crippen molar-refractivity contribution < 1.29 is 4.74 Å². The molecule has 1 aromatic carbocycles. The minimum absolute atomic E-state index is 0.432. The molecule has 3 heteroatoms. The zero-order valence-corrected chi connectivity index (χ0v) is 12.4. The fraction of sp³-hybridized carbons (Fsp3) is 0.529. The first-order chi connectivity index (χ1) is 9.79. The molecular formula is C17H26N2O. The molecule has 20 heavy (non-hydrogen) atoms. The van der Waals surface area contributed by atoms with Gasteiger partial charge in [-0.25, -0.2) is 0 Å². The second-order valence-corrected chi connectivity index (χ2v) is 5.42. The molecule has 110 valence electrons. The molecule has 1 aliphatic rings. The third-order valence-electron chi connectivity index (χ3n) is 3.78. The first-order valence-corrected chi connectivity index (χ1v) is 7.60. The molecule has 1 aromatic rings. The summed E-state index contributed by atoms with van der Waals surface area (Å²) in [5.74, 6) is 0.969. The van der Waals surface area contributed by atoms with Crippen LogP contribution in [0.3, 0.4) is 0 Å². The van der Waals surface area contributed by atoms with Gasteiger partial charge in [0.05, 0.1) is 6.61 Å². The predicted octanol–water partition coefficient (Wildman–Crippen LogP) is 2.74. The summed E-state index contributed by atoms with van der Waals surface area (Å²) in [6, 6.07) is 8.68. The van der Waals surface area contributed by atoms with Crippen molar-refractivity contribution in [2.45, 2.75) is 32.2 Å². The Labute approximate surface area is 122 Å². The van der Waals surface area contributed by atoms with Crippen LogP contribution in [0.15, 0.2) is 36.4 Å². The van der Waals surface area contributed by atoms with Gasteiger partial charge in [-0.2, -0.15) is 0 Å². The van der Waals surface area contributed by atoms with Crippen LogP contribution in [0, 0.1) is 6.92 Å². The average Bonchev–Trinajstić information content (AvgIpc) is 2.49. The Morgan fingerprint density at radius 1 is 1.25 bits per heavy atom. The van der Waals surface area contributed by atoms with Crippen molar-refractivity contribution in [3.63, 3.8) is 0 Å². The van der Waals surface area contributed by atoms with Gasteiger partial charge in [-0.05, 0) is 44.9 Å². The molecular weight excluding hydrogens is 248 g/mol. The Kier molecular flexibility index (Phi) is 6.09. The summed E-state index contributed by atoms with van der Waals surface area (Å²) in [7, 11) is 0. The van der Waals surface area contributed by atoms with Gasteiger partial charge in [-0.1, -0.05) is 29.8 Å². The van der Waals surface area contributed by atoms with Crippen LogP contribution in [0.1, 0.15) is 24.8 Å². The van der Waals surface area contributed by atoms with Crippen LogP contribution in [0.4, 0.5) is 0 Å². The first-order valence-electron chi connectivity index (χ1n) is 7.60. The lowest BCUT2D eigenvalue weighted by Crippen LogP contribution is -2.42. The van der Waals surface area contributed by atoms with E-state index >= 15 is 0 Å². The fourth-order valence-electron chi connectivity index (χ4n) is 2.53. The number of nitrogens with zero attached hydrogens (tertiary/aromatic N) is 1. The molecule has 3 nitrogen and oxygen atoms in total. The minimum atomic E-state index is 0.432. The summed E-state index contributed by atoms with van der Waals surface area (Å²) >= 11 is 0. The van der Waals surface area contributed by atoms with Crippen molar-refractivity contribution >= 4 is 0 Å². The SMILES string of the molecule is Cc1ccc(OCCCCN2CCC=CC2CN)cc1. The van der Waals surface area contributed by atoms with Crippen molar-refractivity contribution in [3.8, 4) is 5.75 Å². The number of benzene rings is 1. The van der Waals surface area contributed by atoms with E-state index in [1.54, 1.807) is 0 Å². The highest BCUT2D eigenvalue weighted by Crippen LogP contribution is 2.13. The smallest absolute Gasteiger partial charge is 0.119 e. The lowest BCUT2D eigenvalue weighted by atomic mass is 10.1. The highest BCUT2D eigenvalue weighted by molar-refractivity contribution is 5.26. The van der Waals surface area contributed by atoms with Crippen LogP contribution < -0.4 is 10.5 Å². The number of nitrogens with two attached hydrogens (primary N) is 1. The molecule has 1 unspecified atom stereocenters. The van der Waals surface area contributed by atoms with E-state index in [2.05, 4.69) is 36.1 Å². The van der Waals surface area contributed by atoms with Crippen LogP contribution >= 0.6 is 0 Å². The van der Waals surface area contributed by atoms with Gasteiger partial charge in [0.25, 0.3) is 0 Å². The van der Waals surface area contributed by atoms with E-state index in [0.717, 1.165) is 51.3 Å². The van der Waals surface area contributed by atoms with Gasteiger partial charge in [-0.15, -0.1) is 0 Å². The zero-order chi connectivity index (χ0) is 14.2. The molecule has 0 saturated carbocycles. The normalized spacial score (nSPS) is 19.2. The van der Waals surface area contributed by atoms with Gasteiger partial charge in [0.15, 0.2) is 0 Å². The van der Waals surface area contributed by atoms with Crippen LogP contribution in [-0.4, -0.2) is 37.2 Å². The highest BCUT2D eigenvalue weighted by Gasteiger charge is 2.15. The molecule has 0 spiro atoms. The summed E-state index contributed by atoms with van der Waals surface area (Å²) in [6.45, 7) is 5.85. The number of ether oxygens (including phenoxy) is 1. The van der Waals surface area contributed by atoms with Gasteiger partial charge in [-0.3, -0.25) is 4.90 Å². The fourth-order valence-corrected chi connectivity index (χ4v) is 2.53. The van der Waals surface area contributed by atoms with Crippen LogP contribution in [0.5, 0.6) is 5.75 Å². The summed E-state index contributed by atoms with van der Waals surface area (Å²) in [6.07, 6.45) is 7.89. The Hall–Kier alpha value is -1.32. The lowest BCUT2D eigenvalue weighted by molar-refractivity contribution is 0.213. The van der Waals surface area contributed by atoms with E-state index in [9.17, 15) is 0 Å². The predicted molar refractivity (Wildman–Crippen MR) is 84.1 cm³/mol.